The van der Waals surface area contributed by atoms with Gasteiger partial charge >= 0.3 is 0 Å². The number of amides is 3. The van der Waals surface area contributed by atoms with Gasteiger partial charge in [-0.1, -0.05) is 64.1 Å². The number of ketones is 1. The van der Waals surface area contributed by atoms with Gasteiger partial charge in [-0.05, 0) is 98.0 Å². The maximum Gasteiger partial charge on any atom is 0.246 e. The second kappa shape index (κ2) is 23.1. The van der Waals surface area contributed by atoms with Crippen LogP contribution < -0.4 is 20.1 Å². The van der Waals surface area contributed by atoms with E-state index in [1.165, 1.54) is 29.2 Å². The Balaban J connectivity index is 0.843. The molecule has 17 heteroatoms. The number of ether oxygens (including phenoxy) is 3. The van der Waals surface area contributed by atoms with Crippen molar-refractivity contribution in [2.24, 2.45) is 5.41 Å². The summed E-state index contributed by atoms with van der Waals surface area (Å²) in [5.41, 5.74) is 4.18. The van der Waals surface area contributed by atoms with Crippen LogP contribution in [-0.4, -0.2) is 113 Å². The number of aromatic nitrogens is 1. The quantitative estimate of drug-likeness (QED) is 0.0401. The molecule has 2 aromatic heterocycles. The monoisotopic (exact) mass is 993 g/mol. The smallest absolute Gasteiger partial charge is 0.246 e. The number of rotatable bonds is 21. The number of fused-ring (bicyclic) bond motifs is 1. The molecule has 0 spiro atoms. The number of phenolic OH excluding ortho intramolecular Hbond substituents is 1. The molecular formula is C53H60FN5O9S2. The number of aliphatic hydroxyl groups is 1. The molecule has 70 heavy (non-hydrogen) atoms. The fraction of sp³-hybridized carbons (Fsp3) is 0.377. The van der Waals surface area contributed by atoms with E-state index >= 15 is 0 Å². The zero-order valence-electron chi connectivity index (χ0n) is 40.2. The first-order valence-corrected chi connectivity index (χ1v) is 25.0. The first kappa shape index (κ1) is 51.6. The van der Waals surface area contributed by atoms with E-state index in [-0.39, 0.29) is 47.7 Å². The predicted molar refractivity (Wildman–Crippen MR) is 269 cm³/mol. The molecule has 3 heterocycles. The van der Waals surface area contributed by atoms with E-state index in [2.05, 4.69) is 20.5 Å². The van der Waals surface area contributed by atoms with E-state index in [9.17, 15) is 33.8 Å². The lowest BCUT2D eigenvalue weighted by atomic mass is 9.85. The van der Waals surface area contributed by atoms with Crippen molar-refractivity contribution in [3.63, 3.8) is 0 Å². The average Bonchev–Trinajstić information content (AvgIpc) is 4.05. The van der Waals surface area contributed by atoms with Gasteiger partial charge in [0, 0.05) is 48.3 Å². The number of benzene rings is 4. The molecule has 0 saturated carbocycles. The zero-order chi connectivity index (χ0) is 50.1. The maximum absolute atomic E-state index is 14.1. The van der Waals surface area contributed by atoms with Gasteiger partial charge in [0.1, 0.15) is 53.2 Å². The van der Waals surface area contributed by atoms with Crippen LogP contribution in [0.3, 0.4) is 0 Å². The molecule has 0 radical (unpaired) electrons. The summed E-state index contributed by atoms with van der Waals surface area (Å²) in [4.78, 5) is 63.8. The Morgan fingerprint density at radius 3 is 2.39 bits per heavy atom. The molecule has 4 atom stereocenters. The molecule has 0 unspecified atom stereocenters. The van der Waals surface area contributed by atoms with E-state index in [1.807, 2.05) is 71.3 Å². The molecular weight excluding hydrogens is 934 g/mol. The number of thiazole rings is 1. The number of phenols is 1. The number of aryl methyl sites for hydroxylation is 1. The van der Waals surface area contributed by atoms with Crippen LogP contribution in [0.5, 0.6) is 23.0 Å². The van der Waals surface area contributed by atoms with Crippen LogP contribution in [0.1, 0.15) is 80.0 Å². The fourth-order valence-corrected chi connectivity index (χ4v) is 10.2. The van der Waals surface area contributed by atoms with Crippen LogP contribution in [0, 0.1) is 18.2 Å². The van der Waals surface area contributed by atoms with Gasteiger partial charge in [-0.25, -0.2) is 9.37 Å². The van der Waals surface area contributed by atoms with Crippen molar-refractivity contribution in [1.29, 1.82) is 0 Å². The topological polar surface area (TPSA) is 180 Å². The molecule has 4 aromatic carbocycles. The summed E-state index contributed by atoms with van der Waals surface area (Å²) in [7, 11) is 0. The summed E-state index contributed by atoms with van der Waals surface area (Å²) in [6.45, 7) is 13.9. The fourth-order valence-electron chi connectivity index (χ4n) is 8.29. The summed E-state index contributed by atoms with van der Waals surface area (Å²) in [5.74, 6) is -0.744. The highest BCUT2D eigenvalue weighted by Crippen LogP contribution is 2.43. The normalized spacial score (nSPS) is 15.8. The molecule has 6 aromatic rings. The molecule has 1 saturated heterocycles. The van der Waals surface area contributed by atoms with E-state index in [0.29, 0.717) is 60.1 Å². The minimum absolute atomic E-state index is 0.0267. The molecule has 370 valence electrons. The summed E-state index contributed by atoms with van der Waals surface area (Å²) < 4.78 is 32.7. The first-order valence-electron chi connectivity index (χ1n) is 23.3. The van der Waals surface area contributed by atoms with Crippen LogP contribution in [0.4, 0.5) is 4.39 Å². The van der Waals surface area contributed by atoms with Crippen molar-refractivity contribution < 1.29 is 48.0 Å². The number of thiophene rings is 1. The molecule has 1 fully saturated rings. The second-order valence-electron chi connectivity index (χ2n) is 18.4. The summed E-state index contributed by atoms with van der Waals surface area (Å²) in [6, 6.07) is 22.9. The van der Waals surface area contributed by atoms with Crippen LogP contribution in [-0.2, 0) is 19.1 Å². The molecule has 4 N–H and O–H groups in total. The number of carbonyl (C=O) groups excluding carboxylic acids is 4. The molecule has 14 nitrogen and oxygen atoms in total. The Morgan fingerprint density at radius 1 is 0.957 bits per heavy atom. The van der Waals surface area contributed by atoms with Crippen molar-refractivity contribution in [2.45, 2.75) is 78.6 Å². The SMILES string of the molecule is CCN(CCCOCC(=O)N[C@H](C(=O)N1C[C@H](O)C[C@H]1C(=O)N[C@@H](C)c1ccc(-c2scnc2C)cc1)C(C)(C)C)CCOc1ccc(Oc2c(C(=O)c3cccc(F)c3)sc3cc(O)ccc23)cc1. The number of nitrogens with one attached hydrogen (secondary N) is 2. The van der Waals surface area contributed by atoms with Gasteiger partial charge in [-0.3, -0.25) is 19.2 Å². The number of halogens is 1. The third-order valence-electron chi connectivity index (χ3n) is 12.1. The molecule has 1 aliphatic rings. The van der Waals surface area contributed by atoms with Crippen molar-refractivity contribution >= 4 is 56.3 Å². The lowest BCUT2D eigenvalue weighted by Gasteiger charge is -2.35. The third kappa shape index (κ3) is 12.9. The largest absolute Gasteiger partial charge is 0.508 e. The van der Waals surface area contributed by atoms with Crippen molar-refractivity contribution in [3.8, 4) is 33.4 Å². The minimum atomic E-state index is -0.974. The van der Waals surface area contributed by atoms with Gasteiger partial charge in [-0.15, -0.1) is 22.7 Å². The van der Waals surface area contributed by atoms with E-state index < -0.39 is 47.0 Å². The Hall–Kier alpha value is -6.24. The van der Waals surface area contributed by atoms with E-state index in [0.717, 1.165) is 39.6 Å². The van der Waals surface area contributed by atoms with Gasteiger partial charge < -0.3 is 44.9 Å². The highest BCUT2D eigenvalue weighted by Gasteiger charge is 2.44. The molecule has 1 aliphatic heterocycles. The molecule has 7 rings (SSSR count). The lowest BCUT2D eigenvalue weighted by molar-refractivity contribution is -0.144. The molecule has 0 aliphatic carbocycles. The second-order valence-corrected chi connectivity index (χ2v) is 20.3. The number of aromatic hydroxyl groups is 1. The first-order chi connectivity index (χ1) is 33.5. The minimum Gasteiger partial charge on any atom is -0.508 e. The number of aliphatic hydroxyl groups excluding tert-OH is 1. The van der Waals surface area contributed by atoms with Gasteiger partial charge in [0.05, 0.1) is 28.2 Å². The van der Waals surface area contributed by atoms with Crippen LogP contribution >= 0.6 is 22.7 Å². The number of β-amino-alcohol motifs (C(OH)–C–C–N with tert-alkyl or cyclic N) is 1. The van der Waals surface area contributed by atoms with Gasteiger partial charge in [-0.2, -0.15) is 0 Å². The Morgan fingerprint density at radius 2 is 1.70 bits per heavy atom. The summed E-state index contributed by atoms with van der Waals surface area (Å²) >= 11 is 2.73. The standard InChI is InChI=1S/C53H60FN5O9S2/c1-7-58(23-25-67-40-17-19-41(20-18-40)68-47-42-21-16-38(60)28-44(42)70-49(47)46(63)36-10-8-11-37(54)26-36)22-9-24-66-30-45(62)57-50(53(4,5)6)52(65)59-29-39(61)27-43(59)51(64)56-32(2)34-12-14-35(15-13-34)48-33(3)55-31-69-48/h8,10-21,26,28,31-32,39,43,50,60-61H,7,9,22-25,27,29-30H2,1-6H3,(H,56,64)(H,57,62)/t32-,39+,43-,50+/m0/s1. The van der Waals surface area contributed by atoms with E-state index in [1.54, 1.807) is 53.8 Å². The maximum atomic E-state index is 14.1. The number of hydrogen-bond acceptors (Lipinski definition) is 13. The number of likely N-dealkylation sites (tertiary alicyclic amines) is 1. The number of nitrogens with zero attached hydrogens (tertiary/aromatic N) is 3. The number of likely N-dealkylation sites (N-methyl/N-ethyl adjacent to an activating group) is 1. The molecule has 0 bridgehead atoms. The highest BCUT2D eigenvalue weighted by atomic mass is 32.1. The predicted octanol–water partition coefficient (Wildman–Crippen LogP) is 8.68. The Kier molecular flexibility index (Phi) is 17.0. The van der Waals surface area contributed by atoms with Crippen molar-refractivity contribution in [1.82, 2.24) is 25.4 Å². The van der Waals surface area contributed by atoms with Crippen LogP contribution in [0.25, 0.3) is 20.5 Å². The molecule has 3 amide bonds. The lowest BCUT2D eigenvalue weighted by Crippen LogP contribution is -2.58. The van der Waals surface area contributed by atoms with Crippen LogP contribution in [0.15, 0.2) is 96.5 Å². The van der Waals surface area contributed by atoms with Gasteiger partial charge in [0.2, 0.25) is 23.5 Å². The number of hydrogen-bond donors (Lipinski definition) is 4. The zero-order valence-corrected chi connectivity index (χ0v) is 41.8. The van der Waals surface area contributed by atoms with Gasteiger partial charge in [0.15, 0.2) is 5.75 Å². The number of carbonyl (C=O) groups is 4. The van der Waals surface area contributed by atoms with Crippen molar-refractivity contribution in [2.75, 3.05) is 46.0 Å². The third-order valence-corrected chi connectivity index (χ3v) is 14.3. The summed E-state index contributed by atoms with van der Waals surface area (Å²) in [6.07, 6.45) is -0.159. The summed E-state index contributed by atoms with van der Waals surface area (Å²) in [5, 5.41) is 27.3. The average molecular weight is 994 g/mol. The van der Waals surface area contributed by atoms with Crippen LogP contribution in [0.2, 0.25) is 0 Å². The van der Waals surface area contributed by atoms with Crippen molar-refractivity contribution in [3.05, 3.63) is 124 Å². The van der Waals surface area contributed by atoms with Gasteiger partial charge in [0.25, 0.3) is 0 Å². The Labute approximate surface area is 415 Å². The van der Waals surface area contributed by atoms with E-state index in [4.69, 9.17) is 14.2 Å². The highest BCUT2D eigenvalue weighted by molar-refractivity contribution is 7.21. The Bertz CT molecular complexity index is 2770.